The minimum Gasteiger partial charge on any atom is -0.445 e. The number of nitrogens with one attached hydrogen (secondary N) is 1. The molecule has 0 aliphatic carbocycles. The largest absolute Gasteiger partial charge is 0.445 e. The fourth-order valence-corrected chi connectivity index (χ4v) is 1.31. The van der Waals surface area contributed by atoms with Crippen LogP contribution in [0.15, 0.2) is 24.3 Å². The summed E-state index contributed by atoms with van der Waals surface area (Å²) in [5.41, 5.74) is 6.63. The van der Waals surface area contributed by atoms with Gasteiger partial charge in [-0.15, -0.1) is 0 Å². The second-order valence-corrected chi connectivity index (χ2v) is 3.71. The van der Waals surface area contributed by atoms with Crippen LogP contribution < -0.4 is 11.1 Å². The summed E-state index contributed by atoms with van der Waals surface area (Å²) in [7, 11) is 0. The first kappa shape index (κ1) is 14.1. The highest BCUT2D eigenvalue weighted by Crippen LogP contribution is 2.04. The highest BCUT2D eigenvalue weighted by molar-refractivity contribution is 5.94. The second kappa shape index (κ2) is 6.73. The van der Waals surface area contributed by atoms with Crippen LogP contribution in [0.2, 0.25) is 0 Å². The maximum Gasteiger partial charge on any atom is 0.304 e. The van der Waals surface area contributed by atoms with Gasteiger partial charge in [0.1, 0.15) is 0 Å². The molecule has 0 aliphatic heterocycles. The molecule has 0 aliphatic rings. The summed E-state index contributed by atoms with van der Waals surface area (Å²) in [4.78, 5) is 22.3. The molecule has 1 aromatic rings. The molecule has 0 saturated carbocycles. The Hall–Kier alpha value is -1.92. The Kier molecular flexibility index (Phi) is 5.29. The number of aliphatic hydroxyl groups is 1. The van der Waals surface area contributed by atoms with Crippen LogP contribution in [0.4, 0.5) is 0 Å². The third-order valence-electron chi connectivity index (χ3n) is 2.18. The lowest BCUT2D eigenvalue weighted by molar-refractivity contribution is -0.145. The Balaban J connectivity index is 2.47. The average Bonchev–Trinajstić information content (AvgIpc) is 2.35. The van der Waals surface area contributed by atoms with Gasteiger partial charge in [0.25, 0.3) is 5.91 Å². The minimum absolute atomic E-state index is 0.0418. The maximum absolute atomic E-state index is 11.7. The number of aliphatic hydroxyl groups excluding tert-OH is 1. The van der Waals surface area contributed by atoms with Crippen LogP contribution in [0.5, 0.6) is 0 Å². The van der Waals surface area contributed by atoms with Gasteiger partial charge in [0.15, 0.2) is 6.23 Å². The van der Waals surface area contributed by atoms with Crippen molar-refractivity contribution in [3.8, 4) is 0 Å². The molecule has 0 radical (unpaired) electrons. The lowest BCUT2D eigenvalue weighted by Crippen LogP contribution is -2.39. The number of hydrogen-bond acceptors (Lipinski definition) is 5. The number of esters is 1. The van der Waals surface area contributed by atoms with Gasteiger partial charge >= 0.3 is 5.97 Å². The Labute approximate surface area is 105 Å². The van der Waals surface area contributed by atoms with Crippen LogP contribution >= 0.6 is 0 Å². The van der Waals surface area contributed by atoms with Gasteiger partial charge in [-0.25, -0.2) is 0 Å². The highest BCUT2D eigenvalue weighted by atomic mass is 16.6. The van der Waals surface area contributed by atoms with Gasteiger partial charge in [-0.05, 0) is 17.7 Å². The number of carbonyl (C=O) groups excluding carboxylic acids is 2. The quantitative estimate of drug-likeness (QED) is 0.495. The van der Waals surface area contributed by atoms with E-state index in [0.717, 1.165) is 5.56 Å². The standard InChI is InChI=1S/C12H16N2O4/c1-8(16)18-11(13)6-14-12(17)10-4-2-9(7-15)3-5-10/h2-5,11,15H,6-7,13H2,1H3,(H,14,17). The van der Waals surface area contributed by atoms with E-state index < -0.39 is 12.2 Å². The zero-order chi connectivity index (χ0) is 13.5. The van der Waals surface area contributed by atoms with E-state index in [1.54, 1.807) is 24.3 Å². The molecule has 18 heavy (non-hydrogen) atoms. The van der Waals surface area contributed by atoms with E-state index in [1.807, 2.05) is 0 Å². The smallest absolute Gasteiger partial charge is 0.304 e. The summed E-state index contributed by atoms with van der Waals surface area (Å²) < 4.78 is 4.66. The van der Waals surface area contributed by atoms with Crippen LogP contribution in [-0.4, -0.2) is 29.8 Å². The average molecular weight is 252 g/mol. The molecular weight excluding hydrogens is 236 g/mol. The molecule has 1 amide bonds. The lowest BCUT2D eigenvalue weighted by atomic mass is 10.1. The molecule has 4 N–H and O–H groups in total. The van der Waals surface area contributed by atoms with Crippen molar-refractivity contribution < 1.29 is 19.4 Å². The van der Waals surface area contributed by atoms with Gasteiger partial charge in [-0.1, -0.05) is 12.1 Å². The number of hydrogen-bond donors (Lipinski definition) is 3. The van der Waals surface area contributed by atoms with Crippen LogP contribution in [0, 0.1) is 0 Å². The molecular formula is C12H16N2O4. The van der Waals surface area contributed by atoms with E-state index in [0.29, 0.717) is 5.56 Å². The van der Waals surface area contributed by atoms with Crippen LogP contribution in [0.1, 0.15) is 22.8 Å². The Morgan fingerprint density at radius 3 is 2.50 bits per heavy atom. The van der Waals surface area contributed by atoms with Gasteiger partial charge in [0.05, 0.1) is 13.2 Å². The van der Waals surface area contributed by atoms with Crippen molar-refractivity contribution in [2.75, 3.05) is 6.54 Å². The van der Waals surface area contributed by atoms with Crippen molar-refractivity contribution in [2.45, 2.75) is 19.8 Å². The molecule has 1 atom stereocenters. The summed E-state index contributed by atoms with van der Waals surface area (Å²) in [6, 6.07) is 6.50. The molecule has 6 heteroatoms. The molecule has 0 heterocycles. The molecule has 1 rings (SSSR count). The minimum atomic E-state index is -0.858. The van der Waals surface area contributed by atoms with Crippen LogP contribution in [-0.2, 0) is 16.1 Å². The summed E-state index contributed by atoms with van der Waals surface area (Å²) >= 11 is 0. The molecule has 0 bridgehead atoms. The van der Waals surface area contributed by atoms with Gasteiger partial charge < -0.3 is 15.2 Å². The van der Waals surface area contributed by atoms with Crippen molar-refractivity contribution in [3.63, 3.8) is 0 Å². The molecule has 0 spiro atoms. The fraction of sp³-hybridized carbons (Fsp3) is 0.333. The molecule has 0 saturated heterocycles. The van der Waals surface area contributed by atoms with Crippen LogP contribution in [0.3, 0.4) is 0 Å². The van der Waals surface area contributed by atoms with E-state index in [4.69, 9.17) is 10.8 Å². The monoisotopic (exact) mass is 252 g/mol. The summed E-state index contributed by atoms with van der Waals surface area (Å²) in [6.45, 7) is 1.22. The topological polar surface area (TPSA) is 102 Å². The number of rotatable bonds is 5. The van der Waals surface area contributed by atoms with Crippen molar-refractivity contribution in [3.05, 3.63) is 35.4 Å². The van der Waals surface area contributed by atoms with E-state index in [2.05, 4.69) is 10.1 Å². The number of nitrogens with two attached hydrogens (primary N) is 1. The third-order valence-corrected chi connectivity index (χ3v) is 2.18. The Bertz CT molecular complexity index is 417. The van der Waals surface area contributed by atoms with Gasteiger partial charge in [0.2, 0.25) is 0 Å². The highest BCUT2D eigenvalue weighted by Gasteiger charge is 2.09. The van der Waals surface area contributed by atoms with Gasteiger partial charge in [-0.2, -0.15) is 0 Å². The van der Waals surface area contributed by atoms with Crippen molar-refractivity contribution in [2.24, 2.45) is 5.73 Å². The van der Waals surface area contributed by atoms with Gasteiger partial charge in [0, 0.05) is 12.5 Å². The molecule has 6 nitrogen and oxygen atoms in total. The maximum atomic E-state index is 11.7. The number of ether oxygens (including phenoxy) is 1. The normalized spacial score (nSPS) is 11.7. The first-order valence-corrected chi connectivity index (χ1v) is 5.43. The predicted molar refractivity (Wildman–Crippen MR) is 64.4 cm³/mol. The first-order valence-electron chi connectivity index (χ1n) is 5.43. The summed E-state index contributed by atoms with van der Waals surface area (Å²) in [5, 5.41) is 11.4. The number of benzene rings is 1. The first-order chi connectivity index (χ1) is 8.52. The number of amides is 1. The molecule has 98 valence electrons. The second-order valence-electron chi connectivity index (χ2n) is 3.71. The van der Waals surface area contributed by atoms with E-state index in [-0.39, 0.29) is 19.1 Å². The van der Waals surface area contributed by atoms with E-state index in [9.17, 15) is 9.59 Å². The Morgan fingerprint density at radius 2 is 2.00 bits per heavy atom. The summed E-state index contributed by atoms with van der Waals surface area (Å²) in [6.07, 6.45) is -0.858. The van der Waals surface area contributed by atoms with Crippen LogP contribution in [0.25, 0.3) is 0 Å². The summed E-state index contributed by atoms with van der Waals surface area (Å²) in [5.74, 6) is -0.814. The van der Waals surface area contributed by atoms with Crippen molar-refractivity contribution in [1.82, 2.24) is 5.32 Å². The predicted octanol–water partition coefficient (Wildman–Crippen LogP) is -0.243. The third kappa shape index (κ3) is 4.52. The van der Waals surface area contributed by atoms with Crippen molar-refractivity contribution >= 4 is 11.9 Å². The fourth-order valence-electron chi connectivity index (χ4n) is 1.31. The molecule has 1 aromatic carbocycles. The number of carbonyl (C=O) groups is 2. The SMILES string of the molecule is CC(=O)OC(N)CNC(=O)c1ccc(CO)cc1. The van der Waals surface area contributed by atoms with E-state index >= 15 is 0 Å². The zero-order valence-electron chi connectivity index (χ0n) is 10.1. The Morgan fingerprint density at radius 1 is 1.39 bits per heavy atom. The lowest BCUT2D eigenvalue weighted by Gasteiger charge is -2.12. The van der Waals surface area contributed by atoms with Gasteiger partial charge in [-0.3, -0.25) is 15.3 Å². The zero-order valence-corrected chi connectivity index (χ0v) is 10.1. The molecule has 0 aromatic heterocycles. The van der Waals surface area contributed by atoms with Crippen molar-refractivity contribution in [1.29, 1.82) is 0 Å². The molecule has 1 unspecified atom stereocenters. The van der Waals surface area contributed by atoms with E-state index in [1.165, 1.54) is 6.92 Å². The molecule has 0 fully saturated rings.